The lowest BCUT2D eigenvalue weighted by molar-refractivity contribution is 0.288. The zero-order valence-corrected chi connectivity index (χ0v) is 13.4. The van der Waals surface area contributed by atoms with Crippen molar-refractivity contribution in [2.75, 3.05) is 31.6 Å². The van der Waals surface area contributed by atoms with Crippen LogP contribution in [0.2, 0.25) is 0 Å². The third kappa shape index (κ3) is 6.15. The molecule has 1 aromatic carbocycles. The van der Waals surface area contributed by atoms with Gasteiger partial charge in [-0.05, 0) is 46.8 Å². The van der Waals surface area contributed by atoms with Gasteiger partial charge in [0, 0.05) is 30.4 Å². The largest absolute Gasteiger partial charge is 0.490 e. The number of ether oxygens (including phenoxy) is 2. The van der Waals surface area contributed by atoms with Gasteiger partial charge in [0.15, 0.2) is 11.5 Å². The molecule has 0 radical (unpaired) electrons. The van der Waals surface area contributed by atoms with Gasteiger partial charge in [-0.15, -0.1) is 0 Å². The van der Waals surface area contributed by atoms with E-state index >= 15 is 0 Å². The van der Waals surface area contributed by atoms with E-state index in [0.29, 0.717) is 13.2 Å². The summed E-state index contributed by atoms with van der Waals surface area (Å²) in [5, 5.41) is 6.83. The molecule has 4 nitrogen and oxygen atoms in total. The molecule has 0 aromatic heterocycles. The zero-order chi connectivity index (χ0) is 15.0. The normalized spacial score (nSPS) is 11.2. The summed E-state index contributed by atoms with van der Waals surface area (Å²) in [6, 6.07) is 5.96. The molecule has 0 aliphatic rings. The second kappa shape index (κ2) is 8.00. The SMILES string of the molecule is CCOc1ccc(NCCNC(C)(C)C)cc1OCC. The van der Waals surface area contributed by atoms with Crippen LogP contribution < -0.4 is 20.1 Å². The van der Waals surface area contributed by atoms with E-state index in [1.807, 2.05) is 32.0 Å². The maximum atomic E-state index is 5.61. The van der Waals surface area contributed by atoms with Gasteiger partial charge in [-0.1, -0.05) is 0 Å². The molecule has 0 atom stereocenters. The first-order chi connectivity index (χ1) is 9.46. The van der Waals surface area contributed by atoms with Crippen LogP contribution in [0.4, 0.5) is 5.69 Å². The van der Waals surface area contributed by atoms with Gasteiger partial charge in [0.25, 0.3) is 0 Å². The molecule has 0 spiro atoms. The summed E-state index contributed by atoms with van der Waals surface area (Å²) >= 11 is 0. The highest BCUT2D eigenvalue weighted by atomic mass is 16.5. The van der Waals surface area contributed by atoms with Crippen molar-refractivity contribution in [3.05, 3.63) is 18.2 Å². The molecule has 0 aliphatic carbocycles. The Bertz CT molecular complexity index is 400. The van der Waals surface area contributed by atoms with Gasteiger partial charge in [0.1, 0.15) is 0 Å². The summed E-state index contributed by atoms with van der Waals surface area (Å²) in [5.74, 6) is 1.59. The topological polar surface area (TPSA) is 42.5 Å². The summed E-state index contributed by atoms with van der Waals surface area (Å²) in [5.41, 5.74) is 1.20. The molecule has 20 heavy (non-hydrogen) atoms. The van der Waals surface area contributed by atoms with Crippen LogP contribution in [0.25, 0.3) is 0 Å². The van der Waals surface area contributed by atoms with Gasteiger partial charge in [0.05, 0.1) is 13.2 Å². The Labute approximate surface area is 122 Å². The molecule has 0 amide bonds. The molecular formula is C16H28N2O2. The minimum Gasteiger partial charge on any atom is -0.490 e. The van der Waals surface area contributed by atoms with Crippen molar-refractivity contribution in [1.29, 1.82) is 0 Å². The predicted molar refractivity (Wildman–Crippen MR) is 85.0 cm³/mol. The summed E-state index contributed by atoms with van der Waals surface area (Å²) in [6.07, 6.45) is 0. The molecule has 4 heteroatoms. The third-order valence-corrected chi connectivity index (χ3v) is 2.65. The quantitative estimate of drug-likeness (QED) is 0.717. The number of benzene rings is 1. The lowest BCUT2D eigenvalue weighted by atomic mass is 10.1. The molecule has 0 heterocycles. The van der Waals surface area contributed by atoms with Crippen LogP contribution in [0.15, 0.2) is 18.2 Å². The van der Waals surface area contributed by atoms with Crippen molar-refractivity contribution in [3.8, 4) is 11.5 Å². The minimum absolute atomic E-state index is 0.150. The van der Waals surface area contributed by atoms with Gasteiger partial charge in [-0.2, -0.15) is 0 Å². The second-order valence-corrected chi connectivity index (χ2v) is 5.63. The molecule has 1 aromatic rings. The molecule has 0 aliphatic heterocycles. The Morgan fingerprint density at radius 1 is 0.950 bits per heavy atom. The van der Waals surface area contributed by atoms with E-state index in [4.69, 9.17) is 9.47 Å². The van der Waals surface area contributed by atoms with Gasteiger partial charge in [0.2, 0.25) is 0 Å². The first-order valence-corrected chi connectivity index (χ1v) is 7.34. The molecule has 114 valence electrons. The number of rotatable bonds is 8. The van der Waals surface area contributed by atoms with Crippen LogP contribution >= 0.6 is 0 Å². The molecule has 0 bridgehead atoms. The maximum absolute atomic E-state index is 5.61. The van der Waals surface area contributed by atoms with Crippen LogP contribution in [-0.4, -0.2) is 31.8 Å². The minimum atomic E-state index is 0.150. The van der Waals surface area contributed by atoms with E-state index in [9.17, 15) is 0 Å². The fraction of sp³-hybridized carbons (Fsp3) is 0.625. The zero-order valence-electron chi connectivity index (χ0n) is 13.4. The number of nitrogens with one attached hydrogen (secondary N) is 2. The van der Waals surface area contributed by atoms with E-state index in [2.05, 4.69) is 31.4 Å². The lowest BCUT2D eigenvalue weighted by Crippen LogP contribution is -2.38. The highest BCUT2D eigenvalue weighted by molar-refractivity contribution is 5.54. The highest BCUT2D eigenvalue weighted by Gasteiger charge is 2.08. The first kappa shape index (κ1) is 16.6. The monoisotopic (exact) mass is 280 g/mol. The maximum Gasteiger partial charge on any atom is 0.163 e. The Kier molecular flexibility index (Phi) is 6.65. The summed E-state index contributed by atoms with van der Waals surface area (Å²) < 4.78 is 11.2. The Balaban J connectivity index is 2.56. The molecule has 0 saturated carbocycles. The van der Waals surface area contributed by atoms with Crippen LogP contribution in [-0.2, 0) is 0 Å². The lowest BCUT2D eigenvalue weighted by Gasteiger charge is -2.21. The Morgan fingerprint density at radius 3 is 2.20 bits per heavy atom. The fourth-order valence-corrected chi connectivity index (χ4v) is 1.81. The Morgan fingerprint density at radius 2 is 1.60 bits per heavy atom. The van der Waals surface area contributed by atoms with Gasteiger partial charge in [-0.3, -0.25) is 0 Å². The van der Waals surface area contributed by atoms with Crippen molar-refractivity contribution in [1.82, 2.24) is 5.32 Å². The van der Waals surface area contributed by atoms with E-state index in [1.54, 1.807) is 0 Å². The summed E-state index contributed by atoms with van der Waals surface area (Å²) in [6.45, 7) is 13.5. The number of hydrogen-bond acceptors (Lipinski definition) is 4. The van der Waals surface area contributed by atoms with E-state index in [1.165, 1.54) is 0 Å². The standard InChI is InChI=1S/C16H28N2O2/c1-6-19-14-9-8-13(12-15(14)20-7-2)17-10-11-18-16(3,4)5/h8-9,12,17-18H,6-7,10-11H2,1-5H3. The van der Waals surface area contributed by atoms with Crippen LogP contribution in [0.5, 0.6) is 11.5 Å². The molecule has 1 rings (SSSR count). The second-order valence-electron chi connectivity index (χ2n) is 5.63. The number of anilines is 1. The van der Waals surface area contributed by atoms with Crippen molar-refractivity contribution in [2.45, 2.75) is 40.2 Å². The molecule has 0 saturated heterocycles. The fourth-order valence-electron chi connectivity index (χ4n) is 1.81. The third-order valence-electron chi connectivity index (χ3n) is 2.65. The first-order valence-electron chi connectivity index (χ1n) is 7.34. The number of hydrogen-bond donors (Lipinski definition) is 2. The molecule has 2 N–H and O–H groups in total. The summed E-state index contributed by atoms with van der Waals surface area (Å²) in [4.78, 5) is 0. The van der Waals surface area contributed by atoms with Crippen LogP contribution in [0.1, 0.15) is 34.6 Å². The van der Waals surface area contributed by atoms with Gasteiger partial charge < -0.3 is 20.1 Å². The van der Waals surface area contributed by atoms with Crippen molar-refractivity contribution < 1.29 is 9.47 Å². The van der Waals surface area contributed by atoms with Crippen molar-refractivity contribution in [3.63, 3.8) is 0 Å². The predicted octanol–water partition coefficient (Wildman–Crippen LogP) is 3.28. The van der Waals surface area contributed by atoms with Crippen molar-refractivity contribution in [2.24, 2.45) is 0 Å². The highest BCUT2D eigenvalue weighted by Crippen LogP contribution is 2.30. The van der Waals surface area contributed by atoms with Gasteiger partial charge in [-0.25, -0.2) is 0 Å². The molecule has 0 fully saturated rings. The van der Waals surface area contributed by atoms with E-state index in [0.717, 1.165) is 30.3 Å². The van der Waals surface area contributed by atoms with E-state index in [-0.39, 0.29) is 5.54 Å². The Hall–Kier alpha value is -1.42. The smallest absolute Gasteiger partial charge is 0.163 e. The average molecular weight is 280 g/mol. The van der Waals surface area contributed by atoms with Crippen molar-refractivity contribution >= 4 is 5.69 Å². The molecule has 0 unspecified atom stereocenters. The van der Waals surface area contributed by atoms with Gasteiger partial charge >= 0.3 is 0 Å². The van der Waals surface area contributed by atoms with Crippen LogP contribution in [0, 0.1) is 0 Å². The summed E-state index contributed by atoms with van der Waals surface area (Å²) in [7, 11) is 0. The van der Waals surface area contributed by atoms with E-state index < -0.39 is 0 Å². The average Bonchev–Trinajstić information content (AvgIpc) is 2.37. The molecular weight excluding hydrogens is 252 g/mol. The van der Waals surface area contributed by atoms with Crippen LogP contribution in [0.3, 0.4) is 0 Å².